The summed E-state index contributed by atoms with van der Waals surface area (Å²) >= 11 is 0. The Morgan fingerprint density at radius 1 is 0.771 bits per heavy atom. The van der Waals surface area contributed by atoms with Crippen molar-refractivity contribution in [1.82, 2.24) is 9.97 Å². The first kappa shape index (κ1) is 22.1. The zero-order valence-corrected chi connectivity index (χ0v) is 19.4. The predicted octanol–water partition coefficient (Wildman–Crippen LogP) is 6.62. The summed E-state index contributed by atoms with van der Waals surface area (Å²) < 4.78 is 0. The number of fused-ring (bicyclic) bond motifs is 1. The molecule has 0 aliphatic carbocycles. The molecule has 6 nitrogen and oxygen atoms in total. The third-order valence-electron chi connectivity index (χ3n) is 5.61. The van der Waals surface area contributed by atoms with Crippen LogP contribution in [0.5, 0.6) is 5.75 Å². The molecule has 5 rings (SSSR count). The van der Waals surface area contributed by atoms with Gasteiger partial charge in [-0.2, -0.15) is 0 Å². The van der Waals surface area contributed by atoms with E-state index in [0.717, 1.165) is 39.1 Å². The van der Waals surface area contributed by atoms with E-state index in [0.29, 0.717) is 17.0 Å². The lowest BCUT2D eigenvalue weighted by Crippen LogP contribution is -2.12. The van der Waals surface area contributed by atoms with Gasteiger partial charge in [-0.25, -0.2) is 9.97 Å². The fraction of sp³-hybridized carbons (Fsp3) is 0.0690. The molecule has 0 bridgehead atoms. The lowest BCUT2D eigenvalue weighted by molar-refractivity contribution is 0.102. The highest BCUT2D eigenvalue weighted by Gasteiger charge is 2.12. The molecule has 0 radical (unpaired) electrons. The molecule has 0 saturated carbocycles. The fourth-order valence-electron chi connectivity index (χ4n) is 4.07. The van der Waals surface area contributed by atoms with E-state index >= 15 is 0 Å². The molecule has 35 heavy (non-hydrogen) atoms. The number of amides is 1. The maximum atomic E-state index is 12.7. The van der Waals surface area contributed by atoms with Crippen molar-refractivity contribution in [2.75, 3.05) is 10.6 Å². The van der Waals surface area contributed by atoms with Gasteiger partial charge in [-0.05, 0) is 73.5 Å². The van der Waals surface area contributed by atoms with E-state index in [1.807, 2.05) is 74.5 Å². The Bertz CT molecular complexity index is 1510. The van der Waals surface area contributed by atoms with Gasteiger partial charge in [0.1, 0.15) is 5.75 Å². The number of hydrogen-bond acceptors (Lipinski definition) is 5. The molecule has 0 aliphatic rings. The topological polar surface area (TPSA) is 87.1 Å². The minimum absolute atomic E-state index is 0.139. The largest absolute Gasteiger partial charge is 0.508 e. The van der Waals surface area contributed by atoms with Gasteiger partial charge >= 0.3 is 0 Å². The Morgan fingerprint density at radius 3 is 2.20 bits per heavy atom. The van der Waals surface area contributed by atoms with E-state index in [-0.39, 0.29) is 11.7 Å². The highest BCUT2D eigenvalue weighted by molar-refractivity contribution is 6.04. The van der Waals surface area contributed by atoms with Gasteiger partial charge in [-0.3, -0.25) is 4.79 Å². The van der Waals surface area contributed by atoms with Crippen molar-refractivity contribution >= 4 is 34.1 Å². The van der Waals surface area contributed by atoms with Crippen molar-refractivity contribution in [1.29, 1.82) is 0 Å². The summed E-state index contributed by atoms with van der Waals surface area (Å²) in [5.74, 6) is 0.361. The van der Waals surface area contributed by atoms with Crippen molar-refractivity contribution in [2.45, 2.75) is 13.8 Å². The van der Waals surface area contributed by atoms with E-state index in [1.54, 1.807) is 24.3 Å². The number of nitrogens with zero attached hydrogens (tertiary/aromatic N) is 2. The number of aromatic nitrogens is 2. The highest BCUT2D eigenvalue weighted by Crippen LogP contribution is 2.30. The third-order valence-corrected chi connectivity index (χ3v) is 5.61. The Morgan fingerprint density at radius 2 is 1.49 bits per heavy atom. The molecule has 5 aromatic rings. The molecule has 0 aliphatic heterocycles. The molecule has 6 heteroatoms. The Balaban J connectivity index is 1.40. The average Bonchev–Trinajstić information content (AvgIpc) is 2.83. The molecule has 1 aromatic heterocycles. The molecule has 1 amide bonds. The molecule has 0 saturated heterocycles. The van der Waals surface area contributed by atoms with Crippen LogP contribution in [0.2, 0.25) is 0 Å². The average molecular weight is 461 g/mol. The standard InChI is InChI=1S/C29H24N4O2/c1-18-14-19(2)16-23(15-18)30-28(35)21-8-10-22(11-9-21)31-29-32-26-17-24(34)12-13-25(26)27(33-29)20-6-4-3-5-7-20/h3-17,34H,1-2H3,(H,30,35)(H,31,32,33). The van der Waals surface area contributed by atoms with Crippen LogP contribution in [0.1, 0.15) is 21.5 Å². The van der Waals surface area contributed by atoms with Crippen molar-refractivity contribution in [2.24, 2.45) is 0 Å². The molecule has 0 atom stereocenters. The van der Waals surface area contributed by atoms with Gasteiger partial charge in [-0.15, -0.1) is 0 Å². The van der Waals surface area contributed by atoms with Crippen LogP contribution in [-0.2, 0) is 0 Å². The maximum Gasteiger partial charge on any atom is 0.255 e. The van der Waals surface area contributed by atoms with Gasteiger partial charge in [0.05, 0.1) is 11.2 Å². The summed E-state index contributed by atoms with van der Waals surface area (Å²) in [7, 11) is 0. The van der Waals surface area contributed by atoms with Gasteiger partial charge in [0.2, 0.25) is 5.95 Å². The van der Waals surface area contributed by atoms with Gasteiger partial charge in [0.15, 0.2) is 0 Å². The van der Waals surface area contributed by atoms with Gasteiger partial charge in [0, 0.05) is 34.0 Å². The van der Waals surface area contributed by atoms with E-state index in [4.69, 9.17) is 4.98 Å². The first-order valence-electron chi connectivity index (χ1n) is 11.3. The summed E-state index contributed by atoms with van der Waals surface area (Å²) in [5.41, 5.74) is 6.60. The molecule has 4 aromatic carbocycles. The first-order chi connectivity index (χ1) is 16.9. The smallest absolute Gasteiger partial charge is 0.255 e. The summed E-state index contributed by atoms with van der Waals surface area (Å²) in [6, 6.07) is 28.0. The summed E-state index contributed by atoms with van der Waals surface area (Å²) in [4.78, 5) is 22.0. The van der Waals surface area contributed by atoms with E-state index in [1.165, 1.54) is 0 Å². The predicted molar refractivity (Wildman–Crippen MR) is 140 cm³/mol. The number of carbonyl (C=O) groups is 1. The van der Waals surface area contributed by atoms with Crippen LogP contribution in [0.4, 0.5) is 17.3 Å². The number of hydrogen-bond donors (Lipinski definition) is 3. The monoisotopic (exact) mass is 460 g/mol. The van der Waals surface area contributed by atoms with Crippen molar-refractivity contribution in [3.05, 3.63) is 108 Å². The Kier molecular flexibility index (Phi) is 5.85. The number of anilines is 3. The number of phenolic OH excluding ortho intramolecular Hbond substituents is 1. The maximum absolute atomic E-state index is 12.7. The number of benzene rings is 4. The van der Waals surface area contributed by atoms with Gasteiger partial charge < -0.3 is 15.7 Å². The number of nitrogens with one attached hydrogen (secondary N) is 2. The number of rotatable bonds is 5. The van der Waals surface area contributed by atoms with Crippen LogP contribution in [0.15, 0.2) is 91.0 Å². The molecule has 1 heterocycles. The quantitative estimate of drug-likeness (QED) is 0.274. The lowest BCUT2D eigenvalue weighted by atomic mass is 10.1. The van der Waals surface area contributed by atoms with Crippen LogP contribution in [0.3, 0.4) is 0 Å². The van der Waals surface area contributed by atoms with Crippen molar-refractivity contribution in [3.63, 3.8) is 0 Å². The zero-order valence-electron chi connectivity index (χ0n) is 19.4. The Hall–Kier alpha value is -4.71. The normalized spacial score (nSPS) is 10.8. The SMILES string of the molecule is Cc1cc(C)cc(NC(=O)c2ccc(Nc3nc(-c4ccccc4)c4ccc(O)cc4n3)cc2)c1. The molecule has 0 unspecified atom stereocenters. The Labute approximate surface area is 203 Å². The molecule has 0 fully saturated rings. The van der Waals surface area contributed by atoms with Crippen LogP contribution < -0.4 is 10.6 Å². The fourth-order valence-corrected chi connectivity index (χ4v) is 4.07. The van der Waals surface area contributed by atoms with Crippen LogP contribution >= 0.6 is 0 Å². The number of aromatic hydroxyl groups is 1. The number of aryl methyl sites for hydroxylation is 2. The van der Waals surface area contributed by atoms with Gasteiger partial charge in [0.25, 0.3) is 5.91 Å². The van der Waals surface area contributed by atoms with E-state index < -0.39 is 0 Å². The van der Waals surface area contributed by atoms with E-state index in [9.17, 15) is 9.90 Å². The van der Waals surface area contributed by atoms with Crippen LogP contribution in [-0.4, -0.2) is 21.0 Å². The van der Waals surface area contributed by atoms with Crippen molar-refractivity contribution in [3.8, 4) is 17.0 Å². The second-order valence-corrected chi connectivity index (χ2v) is 8.50. The summed E-state index contributed by atoms with van der Waals surface area (Å²) in [6.45, 7) is 4.01. The van der Waals surface area contributed by atoms with E-state index in [2.05, 4.69) is 21.7 Å². The second-order valence-electron chi connectivity index (χ2n) is 8.50. The first-order valence-corrected chi connectivity index (χ1v) is 11.3. The zero-order chi connectivity index (χ0) is 24.4. The number of carbonyl (C=O) groups excluding carboxylic acids is 1. The summed E-state index contributed by atoms with van der Waals surface area (Å²) in [6.07, 6.45) is 0. The second kappa shape index (κ2) is 9.27. The van der Waals surface area contributed by atoms with Crippen molar-refractivity contribution < 1.29 is 9.90 Å². The molecular weight excluding hydrogens is 436 g/mol. The minimum atomic E-state index is -0.176. The number of phenols is 1. The molecular formula is C29H24N4O2. The molecule has 172 valence electrons. The van der Waals surface area contributed by atoms with Crippen LogP contribution in [0, 0.1) is 13.8 Å². The third kappa shape index (κ3) is 4.96. The van der Waals surface area contributed by atoms with Crippen LogP contribution in [0.25, 0.3) is 22.2 Å². The minimum Gasteiger partial charge on any atom is -0.508 e. The molecule has 3 N–H and O–H groups in total. The highest BCUT2D eigenvalue weighted by atomic mass is 16.3. The van der Waals surface area contributed by atoms with Gasteiger partial charge in [-0.1, -0.05) is 36.4 Å². The summed E-state index contributed by atoms with van der Waals surface area (Å²) in [5, 5.41) is 17.0. The lowest BCUT2D eigenvalue weighted by Gasteiger charge is -2.11. The molecule has 0 spiro atoms.